The topological polar surface area (TPSA) is 88.0 Å². The Bertz CT molecular complexity index is 643. The van der Waals surface area contributed by atoms with Gasteiger partial charge in [0, 0.05) is 11.1 Å². The molecule has 0 saturated carbocycles. The molecule has 0 aliphatic carbocycles. The standard InChI is InChI=1S/C11H8B5NO5/c1-10(19,17-11(15,16)20)9(18)3-4(12)6(14)8-7(5(3)13)21-2-22-8/h17,19-20H,2H2,1H3/t10-/m0/s1. The Hall–Kier alpha value is -1.31. The summed E-state index contributed by atoms with van der Waals surface area (Å²) in [5.41, 5.74) is -5.61. The van der Waals surface area contributed by atoms with E-state index in [0.717, 1.165) is 6.92 Å². The molecule has 1 heterocycles. The lowest BCUT2D eigenvalue weighted by Crippen LogP contribution is -2.62. The number of benzene rings is 1. The Kier molecular flexibility index (Phi) is 4.19. The fourth-order valence-electron chi connectivity index (χ4n) is 2.13. The third-order valence-corrected chi connectivity index (χ3v) is 3.04. The van der Waals surface area contributed by atoms with Gasteiger partial charge in [-0.2, -0.15) is 0 Å². The van der Waals surface area contributed by atoms with Crippen molar-refractivity contribution in [2.24, 2.45) is 0 Å². The van der Waals surface area contributed by atoms with Gasteiger partial charge in [-0.05, 0) is 12.4 Å². The van der Waals surface area contributed by atoms with Crippen molar-refractivity contribution in [2.45, 2.75) is 18.2 Å². The van der Waals surface area contributed by atoms with E-state index < -0.39 is 17.0 Å². The number of fused-ring (bicyclic) bond motifs is 1. The summed E-state index contributed by atoms with van der Waals surface area (Å²) in [6.07, 6.45) is 0. The highest BCUT2D eigenvalue weighted by Crippen LogP contribution is 2.28. The van der Waals surface area contributed by atoms with Gasteiger partial charge in [-0.15, -0.1) is 0 Å². The van der Waals surface area contributed by atoms with Crippen LogP contribution in [0.4, 0.5) is 0 Å². The molecule has 0 unspecified atom stereocenters. The molecular formula is C11H8B5NO5. The fourth-order valence-corrected chi connectivity index (χ4v) is 2.13. The lowest BCUT2D eigenvalue weighted by atomic mass is 9.69. The molecule has 0 amide bonds. The van der Waals surface area contributed by atoms with E-state index in [1.54, 1.807) is 0 Å². The first-order valence-electron chi connectivity index (χ1n) is 6.08. The van der Waals surface area contributed by atoms with Crippen molar-refractivity contribution in [2.75, 3.05) is 6.79 Å². The quantitative estimate of drug-likeness (QED) is 0.293. The van der Waals surface area contributed by atoms with Crippen molar-refractivity contribution >= 4 is 61.4 Å². The summed E-state index contributed by atoms with van der Waals surface area (Å²) >= 11 is 0. The summed E-state index contributed by atoms with van der Waals surface area (Å²) < 4.78 is 10.2. The molecule has 22 heavy (non-hydrogen) atoms. The molecular weight excluding hydrogens is 280 g/mol. The molecule has 1 aromatic carbocycles. The predicted molar refractivity (Wildman–Crippen MR) is 83.3 cm³/mol. The molecule has 0 bridgehead atoms. The zero-order chi connectivity index (χ0) is 16.9. The first-order valence-corrected chi connectivity index (χ1v) is 6.08. The van der Waals surface area contributed by atoms with E-state index in [1.807, 2.05) is 5.32 Å². The highest BCUT2D eigenvalue weighted by molar-refractivity contribution is 6.56. The summed E-state index contributed by atoms with van der Waals surface area (Å²) in [5.74, 6) is -0.850. The molecule has 1 atom stereocenters. The van der Waals surface area contributed by atoms with E-state index in [2.05, 4.69) is 0 Å². The number of carbonyl (C=O) groups excluding carboxylic acids is 1. The lowest BCUT2D eigenvalue weighted by molar-refractivity contribution is -0.00817. The fraction of sp³-hybridized carbons (Fsp3) is 0.364. The molecule has 0 fully saturated rings. The number of aliphatic hydroxyl groups is 2. The van der Waals surface area contributed by atoms with Crippen molar-refractivity contribution in [3.8, 4) is 11.5 Å². The van der Waals surface area contributed by atoms with E-state index in [4.69, 9.17) is 48.7 Å². The van der Waals surface area contributed by atoms with Gasteiger partial charge < -0.3 is 19.7 Å². The van der Waals surface area contributed by atoms with Crippen LogP contribution < -0.4 is 31.2 Å². The molecule has 2 rings (SSSR count). The second-order valence-corrected chi connectivity index (χ2v) is 5.03. The minimum absolute atomic E-state index is 0.0432. The summed E-state index contributed by atoms with van der Waals surface area (Å²) in [6, 6.07) is 0. The van der Waals surface area contributed by atoms with Crippen molar-refractivity contribution in [1.82, 2.24) is 5.32 Å². The number of Topliss-reactive ketones (excluding diaryl/α,β-unsaturated/α-hetero) is 1. The lowest BCUT2D eigenvalue weighted by Gasteiger charge is -2.33. The van der Waals surface area contributed by atoms with Crippen LogP contribution in [0, 0.1) is 0 Å². The third-order valence-electron chi connectivity index (χ3n) is 3.04. The average Bonchev–Trinajstić information content (AvgIpc) is 2.82. The van der Waals surface area contributed by atoms with Crippen molar-refractivity contribution in [1.29, 1.82) is 0 Å². The number of nitrogens with one attached hydrogen (secondary N) is 1. The Balaban J connectivity index is 2.54. The van der Waals surface area contributed by atoms with Crippen molar-refractivity contribution in [3.63, 3.8) is 0 Å². The van der Waals surface area contributed by atoms with Gasteiger partial charge >= 0.3 is 0 Å². The van der Waals surface area contributed by atoms with Crippen LogP contribution in [0.15, 0.2) is 0 Å². The Labute approximate surface area is 134 Å². The molecule has 1 aliphatic heterocycles. The molecule has 3 N–H and O–H groups in total. The summed E-state index contributed by atoms with van der Waals surface area (Å²) in [4.78, 5) is 12.5. The molecule has 11 heteroatoms. The number of rotatable bonds is 4. The first-order chi connectivity index (χ1) is 9.96. The zero-order valence-corrected chi connectivity index (χ0v) is 11.7. The van der Waals surface area contributed by atoms with Gasteiger partial charge in [-0.25, -0.2) is 0 Å². The van der Waals surface area contributed by atoms with Gasteiger partial charge in [0.15, 0.2) is 17.2 Å². The molecule has 102 valence electrons. The molecule has 1 aromatic rings. The van der Waals surface area contributed by atoms with Crippen LogP contribution in [-0.2, 0) is 0 Å². The van der Waals surface area contributed by atoms with E-state index >= 15 is 0 Å². The van der Waals surface area contributed by atoms with Crippen LogP contribution in [0.5, 0.6) is 11.5 Å². The maximum Gasteiger partial charge on any atom is 0.231 e. The third kappa shape index (κ3) is 2.93. The molecule has 1 aliphatic rings. The first kappa shape index (κ1) is 17.1. The van der Waals surface area contributed by atoms with Crippen LogP contribution in [0.3, 0.4) is 0 Å². The monoisotopic (exact) mass is 289 g/mol. The normalized spacial score (nSPS) is 16.3. The Morgan fingerprint density at radius 2 is 1.59 bits per heavy atom. The minimum Gasteiger partial charge on any atom is -0.454 e. The number of ether oxygens (including phenoxy) is 2. The number of carbonyl (C=O) groups is 1. The van der Waals surface area contributed by atoms with Gasteiger partial charge in [0.1, 0.15) is 39.2 Å². The van der Waals surface area contributed by atoms with Gasteiger partial charge in [0.2, 0.25) is 12.6 Å². The number of ketones is 1. The summed E-state index contributed by atoms with van der Waals surface area (Å²) in [5, 5.41) is 21.4. The van der Waals surface area contributed by atoms with E-state index in [0.29, 0.717) is 0 Å². The van der Waals surface area contributed by atoms with Crippen LogP contribution in [0.1, 0.15) is 17.3 Å². The maximum absolute atomic E-state index is 12.5. The van der Waals surface area contributed by atoms with Crippen molar-refractivity contribution < 1.29 is 24.5 Å². The highest BCUT2D eigenvalue weighted by atomic mass is 16.7. The maximum atomic E-state index is 12.5. The number of hydrogen-bond donors (Lipinski definition) is 3. The van der Waals surface area contributed by atoms with Gasteiger partial charge in [0.25, 0.3) is 0 Å². The van der Waals surface area contributed by atoms with E-state index in [9.17, 15) is 15.0 Å². The second-order valence-electron chi connectivity index (χ2n) is 5.03. The molecule has 10 radical (unpaired) electrons. The number of hydrogen-bond acceptors (Lipinski definition) is 6. The van der Waals surface area contributed by atoms with Crippen molar-refractivity contribution in [3.05, 3.63) is 5.56 Å². The van der Waals surface area contributed by atoms with Crippen LogP contribution in [-0.4, -0.2) is 73.3 Å². The van der Waals surface area contributed by atoms with Crippen LogP contribution in [0.25, 0.3) is 0 Å². The highest BCUT2D eigenvalue weighted by Gasteiger charge is 2.38. The van der Waals surface area contributed by atoms with Gasteiger partial charge in [-0.1, -0.05) is 10.9 Å². The second kappa shape index (κ2) is 5.40. The molecule has 0 spiro atoms. The summed E-state index contributed by atoms with van der Waals surface area (Å²) in [7, 11) is 27.6. The Morgan fingerprint density at radius 1 is 1.09 bits per heavy atom. The van der Waals surface area contributed by atoms with Crippen LogP contribution >= 0.6 is 0 Å². The largest absolute Gasteiger partial charge is 0.454 e. The average molecular weight is 288 g/mol. The van der Waals surface area contributed by atoms with Gasteiger partial charge in [0.05, 0.1) is 0 Å². The van der Waals surface area contributed by atoms with Gasteiger partial charge in [-0.3, -0.25) is 10.1 Å². The minimum atomic E-state index is -2.51. The van der Waals surface area contributed by atoms with E-state index in [-0.39, 0.29) is 40.2 Å². The Morgan fingerprint density at radius 3 is 2.09 bits per heavy atom. The van der Waals surface area contributed by atoms with E-state index in [1.165, 1.54) is 0 Å². The zero-order valence-electron chi connectivity index (χ0n) is 11.7. The SMILES string of the molecule is [B]c1c([B])c(C(=O)[C@](C)(O)NC([B])([B])O)c([B])c2c1OCO2. The smallest absolute Gasteiger partial charge is 0.231 e. The predicted octanol–water partition coefficient (Wildman–Crippen LogP) is -4.78. The molecule has 0 aromatic heterocycles. The molecule has 0 saturated heterocycles. The molecule has 6 nitrogen and oxygen atoms in total. The van der Waals surface area contributed by atoms with Crippen LogP contribution in [0.2, 0.25) is 0 Å². The summed E-state index contributed by atoms with van der Waals surface area (Å²) in [6.45, 7) is 0.875.